The van der Waals surface area contributed by atoms with Gasteiger partial charge in [0.25, 0.3) is 0 Å². The number of fused-ring (bicyclic) bond motifs is 2. The Morgan fingerprint density at radius 1 is 1.03 bits per heavy atom. The largest absolute Gasteiger partial charge is 0.356 e. The molecule has 5 rings (SSSR count). The number of hydrogen-bond acceptors (Lipinski definition) is 7. The highest BCUT2D eigenvalue weighted by molar-refractivity contribution is 5.76. The fourth-order valence-corrected chi connectivity index (χ4v) is 6.43. The molecule has 0 aromatic carbocycles. The minimum absolute atomic E-state index is 0.0452. The number of carbonyl (C=O) groups excluding carboxylic acids is 1. The fraction of sp³-hybridized carbons (Fsp3) is 0.958. The highest BCUT2D eigenvalue weighted by Gasteiger charge is 2.69. The number of carbonyl (C=O) groups is 1. The van der Waals surface area contributed by atoms with E-state index in [1.54, 1.807) is 0 Å². The average Bonchev–Trinajstić information content (AvgIpc) is 2.99. The van der Waals surface area contributed by atoms with Gasteiger partial charge in [-0.15, -0.1) is 0 Å². The molecule has 4 saturated heterocycles. The molecule has 4 aliphatic heterocycles. The number of hydrogen-bond donors (Lipinski definition) is 3. The van der Waals surface area contributed by atoms with E-state index < -0.39 is 17.7 Å². The zero-order valence-corrected chi connectivity index (χ0v) is 20.1. The first-order valence-electron chi connectivity index (χ1n) is 12.8. The van der Waals surface area contributed by atoms with Gasteiger partial charge in [-0.2, -0.15) is 0 Å². The number of rotatable bonds is 10. The molecule has 8 nitrogen and oxygen atoms in total. The number of nitrogens with one attached hydrogen (secondary N) is 2. The third kappa shape index (κ3) is 4.72. The molecule has 8 atom stereocenters. The number of nitrogens with two attached hydrogens (primary N) is 1. The van der Waals surface area contributed by atoms with E-state index in [4.69, 9.17) is 25.0 Å². The minimum Gasteiger partial charge on any atom is -0.356 e. The molecular weight excluding hydrogens is 410 g/mol. The Balaban J connectivity index is 1.32. The molecule has 8 heteroatoms. The molecule has 5 aliphatic rings. The molecule has 1 amide bonds. The first-order valence-corrected chi connectivity index (χ1v) is 12.8. The van der Waals surface area contributed by atoms with E-state index in [9.17, 15) is 4.79 Å². The van der Waals surface area contributed by atoms with Gasteiger partial charge in [0, 0.05) is 18.9 Å². The lowest BCUT2D eigenvalue weighted by Crippen LogP contribution is -2.70. The highest BCUT2D eigenvalue weighted by Crippen LogP contribution is 2.60. The third-order valence-electron chi connectivity index (χ3n) is 8.34. The zero-order chi connectivity index (χ0) is 22.8. The summed E-state index contributed by atoms with van der Waals surface area (Å²) in [5, 5.41) is 6.46. The van der Waals surface area contributed by atoms with Gasteiger partial charge < -0.3 is 25.8 Å². The van der Waals surface area contributed by atoms with Crippen LogP contribution in [0.15, 0.2) is 0 Å². The minimum atomic E-state index is -0.776. The summed E-state index contributed by atoms with van der Waals surface area (Å²) < 4.78 is 12.9. The van der Waals surface area contributed by atoms with Crippen LogP contribution >= 0.6 is 0 Å². The van der Waals surface area contributed by atoms with Gasteiger partial charge in [-0.25, -0.2) is 9.78 Å². The van der Waals surface area contributed by atoms with Crippen LogP contribution in [0, 0.1) is 23.7 Å². The Bertz CT molecular complexity index is 651. The van der Waals surface area contributed by atoms with Crippen LogP contribution in [0.2, 0.25) is 0 Å². The van der Waals surface area contributed by atoms with Gasteiger partial charge >= 0.3 is 0 Å². The first kappa shape index (κ1) is 24.4. The van der Waals surface area contributed by atoms with E-state index >= 15 is 0 Å². The standard InChI is InChI=1S/C24H43N3O5/c1-16-7-8-19-17(2)20(15-21(28)27-14-6-13-26-12-5-4-11-25)29-22-24(19)18(16)9-10-23(3,30-22)31-32-24/h16-20,22,26H,4-15,25H2,1-3H3,(H,27,28)/t16-,17-,18+,19+,20-,22-,23-,24-/m1/s1. The molecule has 32 heavy (non-hydrogen) atoms. The van der Waals surface area contributed by atoms with Crippen LogP contribution in [0.4, 0.5) is 0 Å². The summed E-state index contributed by atoms with van der Waals surface area (Å²) in [5.41, 5.74) is 4.95. The monoisotopic (exact) mass is 453 g/mol. The Morgan fingerprint density at radius 3 is 2.66 bits per heavy atom. The topological polar surface area (TPSA) is 104 Å². The molecular formula is C24H43N3O5. The SMILES string of the molecule is C[C@H]1[C@@H](CC(=O)NCCCNCCCCN)O[C@@H]2O[C@@]3(C)CC[C@H]4[C@H](C)CC[C@@H]1[C@@]24OO3. The summed E-state index contributed by atoms with van der Waals surface area (Å²) in [5.74, 6) is 0.628. The van der Waals surface area contributed by atoms with Crippen LogP contribution in [0.1, 0.15) is 72.1 Å². The second-order valence-electron chi connectivity index (χ2n) is 10.6. The van der Waals surface area contributed by atoms with Crippen LogP contribution in [-0.2, 0) is 24.0 Å². The number of unbranched alkanes of at least 4 members (excludes halogenated alkanes) is 1. The van der Waals surface area contributed by atoms with Crippen molar-refractivity contribution in [3.05, 3.63) is 0 Å². The van der Waals surface area contributed by atoms with E-state index in [1.165, 1.54) is 6.42 Å². The summed E-state index contributed by atoms with van der Waals surface area (Å²) in [6.07, 6.45) is 6.80. The average molecular weight is 454 g/mol. The van der Waals surface area contributed by atoms with E-state index in [0.717, 1.165) is 58.2 Å². The van der Waals surface area contributed by atoms with Crippen LogP contribution in [0.5, 0.6) is 0 Å². The molecule has 1 spiro atoms. The summed E-state index contributed by atoms with van der Waals surface area (Å²) in [4.78, 5) is 24.7. The lowest BCUT2D eigenvalue weighted by molar-refractivity contribution is -0.570. The second-order valence-corrected chi connectivity index (χ2v) is 10.6. The molecule has 0 radical (unpaired) electrons. The normalized spacial score (nSPS) is 42.9. The van der Waals surface area contributed by atoms with Crippen LogP contribution < -0.4 is 16.4 Å². The summed E-state index contributed by atoms with van der Waals surface area (Å²) in [6, 6.07) is 0. The predicted octanol–water partition coefficient (Wildman–Crippen LogP) is 2.46. The molecule has 4 N–H and O–H groups in total. The smallest absolute Gasteiger partial charge is 0.222 e. The Hall–Kier alpha value is -0.770. The maximum absolute atomic E-state index is 12.7. The van der Waals surface area contributed by atoms with Gasteiger partial charge in [-0.3, -0.25) is 4.79 Å². The van der Waals surface area contributed by atoms with Crippen molar-refractivity contribution in [2.75, 3.05) is 26.2 Å². The Morgan fingerprint density at radius 2 is 1.84 bits per heavy atom. The molecule has 1 saturated carbocycles. The fourth-order valence-electron chi connectivity index (χ4n) is 6.43. The molecule has 0 aromatic heterocycles. The lowest BCUT2D eigenvalue weighted by atomic mass is 9.57. The van der Waals surface area contributed by atoms with Crippen molar-refractivity contribution in [2.45, 2.75) is 95.9 Å². The molecule has 184 valence electrons. The molecule has 0 unspecified atom stereocenters. The van der Waals surface area contributed by atoms with E-state index in [-0.39, 0.29) is 23.8 Å². The lowest BCUT2D eigenvalue weighted by Gasteiger charge is -2.60. The second kappa shape index (κ2) is 10.2. The van der Waals surface area contributed by atoms with Crippen LogP contribution in [0.25, 0.3) is 0 Å². The quantitative estimate of drug-likeness (QED) is 0.345. The maximum atomic E-state index is 12.7. The van der Waals surface area contributed by atoms with Gasteiger partial charge in [0.2, 0.25) is 11.7 Å². The summed E-state index contributed by atoms with van der Waals surface area (Å²) in [6.45, 7) is 9.74. The van der Waals surface area contributed by atoms with Crippen LogP contribution in [0.3, 0.4) is 0 Å². The van der Waals surface area contributed by atoms with E-state index in [2.05, 4.69) is 24.5 Å². The van der Waals surface area contributed by atoms with Gasteiger partial charge in [0.1, 0.15) is 0 Å². The molecule has 0 aromatic rings. The van der Waals surface area contributed by atoms with Crippen molar-refractivity contribution in [1.29, 1.82) is 0 Å². The zero-order valence-electron chi connectivity index (χ0n) is 20.1. The number of ether oxygens (including phenoxy) is 2. The van der Waals surface area contributed by atoms with Crippen molar-refractivity contribution in [1.82, 2.24) is 10.6 Å². The third-order valence-corrected chi connectivity index (χ3v) is 8.34. The molecule has 1 aliphatic carbocycles. The molecule has 2 bridgehead atoms. The highest BCUT2D eigenvalue weighted by atomic mass is 17.3. The van der Waals surface area contributed by atoms with Crippen LogP contribution in [-0.4, -0.2) is 55.9 Å². The summed E-state index contributed by atoms with van der Waals surface area (Å²) >= 11 is 0. The van der Waals surface area contributed by atoms with Crippen molar-refractivity contribution >= 4 is 5.91 Å². The van der Waals surface area contributed by atoms with Gasteiger partial charge in [0.05, 0.1) is 12.5 Å². The molecule has 5 fully saturated rings. The number of amides is 1. The predicted molar refractivity (Wildman–Crippen MR) is 120 cm³/mol. The first-order chi connectivity index (χ1) is 15.4. The van der Waals surface area contributed by atoms with Gasteiger partial charge in [-0.1, -0.05) is 13.8 Å². The van der Waals surface area contributed by atoms with E-state index in [0.29, 0.717) is 24.8 Å². The van der Waals surface area contributed by atoms with Crippen molar-refractivity contribution in [3.63, 3.8) is 0 Å². The van der Waals surface area contributed by atoms with Crippen molar-refractivity contribution in [2.24, 2.45) is 29.4 Å². The summed E-state index contributed by atoms with van der Waals surface area (Å²) in [7, 11) is 0. The van der Waals surface area contributed by atoms with Gasteiger partial charge in [0.15, 0.2) is 11.9 Å². The Kier molecular flexibility index (Phi) is 7.79. The Labute approximate surface area is 192 Å². The van der Waals surface area contributed by atoms with Crippen molar-refractivity contribution < 1.29 is 24.0 Å². The van der Waals surface area contributed by atoms with E-state index in [1.807, 2.05) is 6.92 Å². The maximum Gasteiger partial charge on any atom is 0.222 e. The molecule has 4 heterocycles. The van der Waals surface area contributed by atoms with Gasteiger partial charge in [-0.05, 0) is 82.8 Å². The van der Waals surface area contributed by atoms with Crippen molar-refractivity contribution in [3.8, 4) is 0 Å².